The van der Waals surface area contributed by atoms with Crippen molar-refractivity contribution < 1.29 is 4.74 Å². The third kappa shape index (κ3) is 4.92. The molecule has 1 aliphatic carbocycles. The molecule has 0 aromatic rings. The lowest BCUT2D eigenvalue weighted by atomic mass is 9.89. The molecule has 4 heteroatoms. The van der Waals surface area contributed by atoms with E-state index in [-0.39, 0.29) is 0 Å². The second kappa shape index (κ2) is 8.47. The van der Waals surface area contributed by atoms with Crippen molar-refractivity contribution in [3.8, 4) is 0 Å². The van der Waals surface area contributed by atoms with E-state index in [4.69, 9.17) is 4.74 Å². The topological polar surface area (TPSA) is 27.7 Å². The van der Waals surface area contributed by atoms with Crippen LogP contribution < -0.4 is 5.32 Å². The third-order valence-corrected chi connectivity index (χ3v) is 5.57. The van der Waals surface area contributed by atoms with Crippen molar-refractivity contribution in [1.29, 1.82) is 0 Å². The molecule has 0 spiro atoms. The van der Waals surface area contributed by atoms with Gasteiger partial charge in [-0.2, -0.15) is 0 Å². The van der Waals surface area contributed by atoms with Crippen LogP contribution in [-0.4, -0.2) is 74.9 Å². The molecule has 3 aliphatic rings. The van der Waals surface area contributed by atoms with E-state index < -0.39 is 0 Å². The van der Waals surface area contributed by atoms with Crippen LogP contribution in [0.1, 0.15) is 38.5 Å². The van der Waals surface area contributed by atoms with Crippen LogP contribution in [0.5, 0.6) is 0 Å². The van der Waals surface area contributed by atoms with E-state index in [0.29, 0.717) is 0 Å². The zero-order valence-electron chi connectivity index (χ0n) is 13.6. The first kappa shape index (κ1) is 15.7. The SMILES string of the molecule is C1CCC(CNCCN2CCC(N3CCOCC3)C2)CC1. The highest BCUT2D eigenvalue weighted by Gasteiger charge is 2.28. The van der Waals surface area contributed by atoms with E-state index in [0.717, 1.165) is 38.3 Å². The van der Waals surface area contributed by atoms with E-state index in [1.165, 1.54) is 71.2 Å². The van der Waals surface area contributed by atoms with Gasteiger partial charge in [-0.15, -0.1) is 0 Å². The maximum absolute atomic E-state index is 5.46. The predicted octanol–water partition coefficient (Wildman–Crippen LogP) is 1.56. The number of ether oxygens (including phenoxy) is 1. The maximum Gasteiger partial charge on any atom is 0.0594 e. The standard InChI is InChI=1S/C17H33N3O/c1-2-4-16(5-3-1)14-18-7-9-19-8-6-17(15-19)20-10-12-21-13-11-20/h16-18H,1-15H2. The quantitative estimate of drug-likeness (QED) is 0.753. The molecule has 1 N–H and O–H groups in total. The lowest BCUT2D eigenvalue weighted by molar-refractivity contribution is 0.0185. The van der Waals surface area contributed by atoms with Crippen molar-refractivity contribution in [2.45, 2.75) is 44.6 Å². The van der Waals surface area contributed by atoms with E-state index in [1.807, 2.05) is 0 Å². The molecule has 0 aromatic heterocycles. The van der Waals surface area contributed by atoms with Crippen molar-refractivity contribution in [3.05, 3.63) is 0 Å². The third-order valence-electron chi connectivity index (χ3n) is 5.57. The molecule has 3 rings (SSSR count). The van der Waals surface area contributed by atoms with Crippen LogP contribution in [0.2, 0.25) is 0 Å². The van der Waals surface area contributed by atoms with Crippen LogP contribution in [0.25, 0.3) is 0 Å². The largest absolute Gasteiger partial charge is 0.379 e. The first-order chi connectivity index (χ1) is 10.4. The molecular weight excluding hydrogens is 262 g/mol. The summed E-state index contributed by atoms with van der Waals surface area (Å²) in [5.41, 5.74) is 0. The Balaban J connectivity index is 1.26. The van der Waals surface area contributed by atoms with Gasteiger partial charge in [0.1, 0.15) is 0 Å². The summed E-state index contributed by atoms with van der Waals surface area (Å²) in [4.78, 5) is 5.28. The Kier molecular flexibility index (Phi) is 6.34. The van der Waals surface area contributed by atoms with Gasteiger partial charge < -0.3 is 15.0 Å². The highest BCUT2D eigenvalue weighted by molar-refractivity contribution is 4.84. The van der Waals surface area contributed by atoms with Crippen LogP contribution in [0.3, 0.4) is 0 Å². The van der Waals surface area contributed by atoms with E-state index in [2.05, 4.69) is 15.1 Å². The van der Waals surface area contributed by atoms with Gasteiger partial charge in [-0.25, -0.2) is 0 Å². The Morgan fingerprint density at radius 1 is 0.952 bits per heavy atom. The van der Waals surface area contributed by atoms with Crippen LogP contribution in [0.4, 0.5) is 0 Å². The van der Waals surface area contributed by atoms with Gasteiger partial charge in [0, 0.05) is 38.8 Å². The zero-order valence-corrected chi connectivity index (χ0v) is 13.6. The first-order valence-corrected chi connectivity index (χ1v) is 9.17. The summed E-state index contributed by atoms with van der Waals surface area (Å²) in [5.74, 6) is 0.957. The number of hydrogen-bond donors (Lipinski definition) is 1. The molecular formula is C17H33N3O. The molecule has 122 valence electrons. The molecule has 4 nitrogen and oxygen atoms in total. The second-order valence-corrected chi connectivity index (χ2v) is 7.10. The Bertz CT molecular complexity index is 288. The van der Waals surface area contributed by atoms with E-state index in [1.54, 1.807) is 0 Å². The minimum Gasteiger partial charge on any atom is -0.379 e. The fourth-order valence-corrected chi connectivity index (χ4v) is 4.19. The van der Waals surface area contributed by atoms with Gasteiger partial charge >= 0.3 is 0 Å². The molecule has 2 saturated heterocycles. The van der Waals surface area contributed by atoms with Gasteiger partial charge in [0.15, 0.2) is 0 Å². The fraction of sp³-hybridized carbons (Fsp3) is 1.00. The van der Waals surface area contributed by atoms with Gasteiger partial charge in [0.05, 0.1) is 13.2 Å². The molecule has 1 unspecified atom stereocenters. The van der Waals surface area contributed by atoms with Gasteiger partial charge in [-0.05, 0) is 38.3 Å². The molecule has 2 heterocycles. The number of morpholine rings is 1. The van der Waals surface area contributed by atoms with Gasteiger partial charge in [0.2, 0.25) is 0 Å². The Morgan fingerprint density at radius 2 is 1.76 bits per heavy atom. The van der Waals surface area contributed by atoms with Crippen LogP contribution in [-0.2, 0) is 4.74 Å². The zero-order chi connectivity index (χ0) is 14.3. The molecule has 1 saturated carbocycles. The molecule has 2 aliphatic heterocycles. The van der Waals surface area contributed by atoms with Crippen molar-refractivity contribution in [2.75, 3.05) is 59.0 Å². The Morgan fingerprint density at radius 3 is 2.57 bits per heavy atom. The van der Waals surface area contributed by atoms with E-state index >= 15 is 0 Å². The average Bonchev–Trinajstić information content (AvgIpc) is 3.02. The molecule has 3 fully saturated rings. The van der Waals surface area contributed by atoms with Crippen molar-refractivity contribution in [2.24, 2.45) is 5.92 Å². The minimum atomic E-state index is 0.784. The van der Waals surface area contributed by atoms with Crippen LogP contribution >= 0.6 is 0 Å². The molecule has 0 radical (unpaired) electrons. The Hall–Kier alpha value is -0.160. The number of nitrogens with one attached hydrogen (secondary N) is 1. The number of rotatable bonds is 6. The summed E-state index contributed by atoms with van der Waals surface area (Å²) in [6.07, 6.45) is 8.64. The smallest absolute Gasteiger partial charge is 0.0594 e. The molecule has 0 bridgehead atoms. The molecule has 1 atom stereocenters. The molecule has 21 heavy (non-hydrogen) atoms. The fourth-order valence-electron chi connectivity index (χ4n) is 4.19. The first-order valence-electron chi connectivity index (χ1n) is 9.17. The van der Waals surface area contributed by atoms with Gasteiger partial charge in [0.25, 0.3) is 0 Å². The second-order valence-electron chi connectivity index (χ2n) is 7.10. The normalized spacial score (nSPS) is 30.0. The summed E-state index contributed by atoms with van der Waals surface area (Å²) >= 11 is 0. The summed E-state index contributed by atoms with van der Waals surface area (Å²) < 4.78 is 5.46. The van der Waals surface area contributed by atoms with Crippen molar-refractivity contribution in [1.82, 2.24) is 15.1 Å². The number of nitrogens with zero attached hydrogens (tertiary/aromatic N) is 2. The Labute approximate surface area is 130 Å². The highest BCUT2D eigenvalue weighted by Crippen LogP contribution is 2.22. The molecule has 0 aromatic carbocycles. The van der Waals surface area contributed by atoms with Crippen LogP contribution in [0, 0.1) is 5.92 Å². The number of hydrogen-bond acceptors (Lipinski definition) is 4. The van der Waals surface area contributed by atoms with Crippen LogP contribution in [0.15, 0.2) is 0 Å². The minimum absolute atomic E-state index is 0.784. The molecule has 0 amide bonds. The monoisotopic (exact) mass is 295 g/mol. The summed E-state index contributed by atoms with van der Waals surface area (Å²) in [5, 5.41) is 3.70. The maximum atomic E-state index is 5.46. The lowest BCUT2D eigenvalue weighted by Gasteiger charge is -2.32. The lowest BCUT2D eigenvalue weighted by Crippen LogP contribution is -2.45. The van der Waals surface area contributed by atoms with Crippen molar-refractivity contribution >= 4 is 0 Å². The predicted molar refractivity (Wildman–Crippen MR) is 86.7 cm³/mol. The van der Waals surface area contributed by atoms with Gasteiger partial charge in [-0.1, -0.05) is 19.3 Å². The highest BCUT2D eigenvalue weighted by atomic mass is 16.5. The summed E-state index contributed by atoms with van der Waals surface area (Å²) in [6, 6.07) is 0.784. The van der Waals surface area contributed by atoms with Gasteiger partial charge in [-0.3, -0.25) is 4.90 Å². The van der Waals surface area contributed by atoms with Crippen molar-refractivity contribution in [3.63, 3.8) is 0 Å². The summed E-state index contributed by atoms with van der Waals surface area (Å²) in [7, 11) is 0. The number of likely N-dealkylation sites (tertiary alicyclic amines) is 1. The average molecular weight is 295 g/mol. The summed E-state index contributed by atoms with van der Waals surface area (Å²) in [6.45, 7) is 10.3. The van der Waals surface area contributed by atoms with E-state index in [9.17, 15) is 0 Å².